The number of rotatable bonds is 5. The van der Waals surface area contributed by atoms with E-state index in [2.05, 4.69) is 15.8 Å². The van der Waals surface area contributed by atoms with Gasteiger partial charge in [-0.25, -0.2) is 0 Å². The van der Waals surface area contributed by atoms with Gasteiger partial charge in [0.1, 0.15) is 5.76 Å². The van der Waals surface area contributed by atoms with E-state index in [1.807, 2.05) is 6.92 Å². The predicted octanol–water partition coefficient (Wildman–Crippen LogP) is 0.426. The Balaban J connectivity index is 1.20. The summed E-state index contributed by atoms with van der Waals surface area (Å²) in [5.41, 5.74) is 0.311. The van der Waals surface area contributed by atoms with Gasteiger partial charge in [0, 0.05) is 55.8 Å². The van der Waals surface area contributed by atoms with Gasteiger partial charge in [-0.15, -0.1) is 0 Å². The first-order valence-electron chi connectivity index (χ1n) is 10.2. The van der Waals surface area contributed by atoms with E-state index < -0.39 is 10.2 Å². The predicted molar refractivity (Wildman–Crippen MR) is 101 cm³/mol. The molecule has 4 fully saturated rings. The van der Waals surface area contributed by atoms with Crippen molar-refractivity contribution >= 4 is 16.1 Å². The molecule has 0 spiro atoms. The Hall–Kier alpha value is -1.49. The lowest BCUT2D eigenvalue weighted by Gasteiger charge is -2.53. The number of hydrogen-bond donors (Lipinski definition) is 2. The van der Waals surface area contributed by atoms with Gasteiger partial charge in [-0.1, -0.05) is 5.16 Å². The van der Waals surface area contributed by atoms with Gasteiger partial charge in [-0.05, 0) is 39.0 Å². The smallest absolute Gasteiger partial charge is 0.282 e. The average Bonchev–Trinajstić information content (AvgIpc) is 3.38. The molecule has 154 valence electrons. The van der Waals surface area contributed by atoms with Gasteiger partial charge in [0.05, 0.1) is 0 Å². The van der Waals surface area contributed by atoms with E-state index in [1.54, 1.807) is 14.7 Å². The quantitative estimate of drug-likeness (QED) is 0.730. The summed E-state index contributed by atoms with van der Waals surface area (Å²) >= 11 is 0. The van der Waals surface area contributed by atoms with Gasteiger partial charge in [-0.2, -0.15) is 17.0 Å². The van der Waals surface area contributed by atoms with Crippen LogP contribution in [0.2, 0.25) is 0 Å². The van der Waals surface area contributed by atoms with Crippen LogP contribution in [0.15, 0.2) is 10.6 Å². The lowest BCUT2D eigenvalue weighted by molar-refractivity contribution is 0.0581. The molecule has 0 aromatic carbocycles. The van der Waals surface area contributed by atoms with Crippen molar-refractivity contribution in [3.8, 4) is 0 Å². The highest BCUT2D eigenvalue weighted by Gasteiger charge is 2.51. The second-order valence-corrected chi connectivity index (χ2v) is 10.4. The molecule has 9 nitrogen and oxygen atoms in total. The summed E-state index contributed by atoms with van der Waals surface area (Å²) in [5.74, 6) is 0.959. The highest BCUT2D eigenvalue weighted by atomic mass is 32.2. The van der Waals surface area contributed by atoms with Crippen molar-refractivity contribution < 1.29 is 17.7 Å². The lowest BCUT2D eigenvalue weighted by Crippen LogP contribution is -2.72. The molecule has 3 saturated heterocycles. The van der Waals surface area contributed by atoms with Crippen LogP contribution in [0, 0.1) is 0 Å². The Kier molecular flexibility index (Phi) is 4.49. The van der Waals surface area contributed by atoms with Gasteiger partial charge in [-0.3, -0.25) is 4.79 Å². The van der Waals surface area contributed by atoms with E-state index >= 15 is 0 Å². The highest BCUT2D eigenvalue weighted by Crippen LogP contribution is 2.40. The van der Waals surface area contributed by atoms with Crippen LogP contribution in [0.4, 0.5) is 0 Å². The highest BCUT2D eigenvalue weighted by molar-refractivity contribution is 7.86. The third kappa shape index (κ3) is 3.16. The van der Waals surface area contributed by atoms with Crippen molar-refractivity contribution in [2.24, 2.45) is 0 Å². The fourth-order valence-corrected chi connectivity index (χ4v) is 6.98. The zero-order valence-electron chi connectivity index (χ0n) is 16.0. The second kappa shape index (κ2) is 6.79. The number of aromatic nitrogens is 1. The molecule has 2 unspecified atom stereocenters. The first-order chi connectivity index (χ1) is 13.4. The van der Waals surface area contributed by atoms with Crippen LogP contribution in [0.3, 0.4) is 0 Å². The van der Waals surface area contributed by atoms with Gasteiger partial charge < -0.3 is 15.2 Å². The largest absolute Gasteiger partial charge is 0.360 e. The summed E-state index contributed by atoms with van der Waals surface area (Å²) in [6, 6.07) is 1.68. The summed E-state index contributed by atoms with van der Waals surface area (Å²) in [6.07, 6.45) is 4.34. The maximum absolute atomic E-state index is 13.1. The van der Waals surface area contributed by atoms with Gasteiger partial charge >= 0.3 is 0 Å². The molecule has 0 radical (unpaired) electrons. The summed E-state index contributed by atoms with van der Waals surface area (Å²) in [4.78, 5) is 12.5. The van der Waals surface area contributed by atoms with E-state index in [1.165, 1.54) is 0 Å². The van der Waals surface area contributed by atoms with E-state index in [0.29, 0.717) is 31.0 Å². The molecular formula is C18H27N5O4S. The standard InChI is InChI=1S/C18H27N5O4S/c1-11-6-13(20-18(24)16-8-17(27-21-16)12-2-3-12)4-5-22(11)28(25,26)23-14-7-15(23)10-19-9-14/h8,11-15,19H,2-7,9-10H2,1H3,(H,20,24)/t11-,13-,14?,15?/m0/s1. The Morgan fingerprint density at radius 3 is 2.64 bits per heavy atom. The molecule has 5 rings (SSSR count). The number of piperazine rings is 1. The van der Waals surface area contributed by atoms with Crippen LogP contribution < -0.4 is 10.6 Å². The van der Waals surface area contributed by atoms with Crippen molar-refractivity contribution in [3.05, 3.63) is 17.5 Å². The van der Waals surface area contributed by atoms with E-state index in [-0.39, 0.29) is 30.1 Å². The van der Waals surface area contributed by atoms with E-state index in [4.69, 9.17) is 4.52 Å². The van der Waals surface area contributed by atoms with Gasteiger partial charge in [0.15, 0.2) is 5.69 Å². The monoisotopic (exact) mass is 409 g/mol. The van der Waals surface area contributed by atoms with Crippen molar-refractivity contribution in [2.45, 2.75) is 69.1 Å². The average molecular weight is 410 g/mol. The van der Waals surface area contributed by atoms with Crippen LogP contribution in [0.1, 0.15) is 61.2 Å². The van der Waals surface area contributed by atoms with Crippen molar-refractivity contribution in [1.29, 1.82) is 0 Å². The first kappa shape index (κ1) is 18.5. The Bertz CT molecular complexity index is 853. The zero-order valence-corrected chi connectivity index (χ0v) is 16.8. The molecule has 4 aliphatic rings. The minimum absolute atomic E-state index is 0.0624. The summed E-state index contributed by atoms with van der Waals surface area (Å²) in [6.45, 7) is 3.81. The van der Waals surface area contributed by atoms with Gasteiger partial charge in [0.2, 0.25) is 0 Å². The molecule has 1 aromatic rings. The van der Waals surface area contributed by atoms with Crippen molar-refractivity contribution in [1.82, 2.24) is 24.4 Å². The van der Waals surface area contributed by atoms with Crippen LogP contribution in [0.25, 0.3) is 0 Å². The van der Waals surface area contributed by atoms with Crippen molar-refractivity contribution in [3.63, 3.8) is 0 Å². The molecule has 2 N–H and O–H groups in total. The summed E-state index contributed by atoms with van der Waals surface area (Å²) in [5, 5.41) is 10.2. The number of carbonyl (C=O) groups excluding carboxylic acids is 1. The molecule has 1 aromatic heterocycles. The number of nitrogens with one attached hydrogen (secondary N) is 2. The third-order valence-corrected chi connectivity index (χ3v) is 8.74. The normalized spacial score (nSPS) is 34.0. The Labute approximate surface area is 165 Å². The number of piperidine rings is 2. The zero-order chi connectivity index (χ0) is 19.5. The van der Waals surface area contributed by atoms with Crippen LogP contribution >= 0.6 is 0 Å². The molecule has 4 atom stereocenters. The van der Waals surface area contributed by atoms with E-state index in [9.17, 15) is 13.2 Å². The summed E-state index contributed by atoms with van der Waals surface area (Å²) in [7, 11) is -3.45. The molecular weight excluding hydrogens is 382 g/mol. The maximum Gasteiger partial charge on any atom is 0.282 e. The fourth-order valence-electron chi connectivity index (χ4n) is 4.78. The number of carbonyl (C=O) groups is 1. The Morgan fingerprint density at radius 1 is 1.25 bits per heavy atom. The van der Waals surface area contributed by atoms with E-state index in [0.717, 1.165) is 38.1 Å². The first-order valence-corrected chi connectivity index (χ1v) is 11.6. The number of hydrogen-bond acceptors (Lipinski definition) is 6. The second-order valence-electron chi connectivity index (χ2n) is 8.58. The molecule has 1 saturated carbocycles. The minimum atomic E-state index is -3.45. The molecule has 1 amide bonds. The van der Waals surface area contributed by atoms with Crippen LogP contribution in [-0.4, -0.2) is 71.9 Å². The van der Waals surface area contributed by atoms with Crippen LogP contribution in [-0.2, 0) is 10.2 Å². The molecule has 28 heavy (non-hydrogen) atoms. The van der Waals surface area contributed by atoms with Crippen molar-refractivity contribution in [2.75, 3.05) is 19.6 Å². The lowest BCUT2D eigenvalue weighted by atomic mass is 9.93. The molecule has 4 heterocycles. The Morgan fingerprint density at radius 2 is 2.00 bits per heavy atom. The SMILES string of the molecule is C[C@H]1C[C@@H](NC(=O)c2cc(C3CC3)on2)CCN1S(=O)(=O)N1C2CNCC1C2. The number of amides is 1. The molecule has 1 aliphatic carbocycles. The molecule has 3 aliphatic heterocycles. The minimum Gasteiger partial charge on any atom is -0.360 e. The third-order valence-electron chi connectivity index (χ3n) is 6.48. The molecule has 2 bridgehead atoms. The maximum atomic E-state index is 13.1. The van der Waals surface area contributed by atoms with Gasteiger partial charge in [0.25, 0.3) is 16.1 Å². The van der Waals surface area contributed by atoms with Crippen LogP contribution in [0.5, 0.6) is 0 Å². The number of nitrogens with zero attached hydrogens (tertiary/aromatic N) is 3. The number of fused-ring (bicyclic) bond motifs is 2. The summed E-state index contributed by atoms with van der Waals surface area (Å²) < 4.78 is 34.8. The molecule has 10 heteroatoms. The topological polar surface area (TPSA) is 108 Å². The fraction of sp³-hybridized carbons (Fsp3) is 0.778.